The first-order chi connectivity index (χ1) is 28.7. The number of ether oxygens (including phenoxy) is 3. The molecule has 4 heterocycles. The van der Waals surface area contributed by atoms with Crippen LogP contribution >= 0.6 is 22.9 Å². The monoisotopic (exact) mass is 901 g/mol. The van der Waals surface area contributed by atoms with Gasteiger partial charge in [0.05, 0.1) is 35.0 Å². The number of sulfonamides is 1. The van der Waals surface area contributed by atoms with E-state index in [9.17, 15) is 32.4 Å². The van der Waals surface area contributed by atoms with Crippen molar-refractivity contribution in [2.75, 3.05) is 25.5 Å². The standard InChI is InChI=1S/C40H48ClN7O11S2/c1-9-20(4)32(37(52)47-61(54,55)22-10-11-22)45-36(51)25-14-21(17-48(25)29(49)16-42-39(53)59-40(5,6)7)57-28-15-23(24-18-60-38(44-24)46-35(50)19(2)3)43-33-30-26(58-34(28)33)12-13-27(56-8)31(30)41/h9,12-13,15,18-22,25,32H,1,10-11,14,16-17H2,2-8H3,(H,42,53)(H,45,51)(H,47,52)(H,44,46,50). The lowest BCUT2D eigenvalue weighted by Crippen LogP contribution is -2.56. The molecule has 61 heavy (non-hydrogen) atoms. The van der Waals surface area contributed by atoms with Gasteiger partial charge < -0.3 is 39.5 Å². The quantitative estimate of drug-likeness (QED) is 0.113. The largest absolute Gasteiger partial charge is 0.495 e. The van der Waals surface area contributed by atoms with Gasteiger partial charge in [0.25, 0.3) is 5.91 Å². The van der Waals surface area contributed by atoms with Crippen LogP contribution in [-0.2, 0) is 33.9 Å². The van der Waals surface area contributed by atoms with Crippen LogP contribution in [0.2, 0.25) is 5.02 Å². The van der Waals surface area contributed by atoms with E-state index in [2.05, 4.69) is 32.2 Å². The number of carbonyl (C=O) groups excluding carboxylic acids is 5. The van der Waals surface area contributed by atoms with Crippen molar-refractivity contribution in [2.24, 2.45) is 11.8 Å². The Hall–Kier alpha value is -5.47. The fourth-order valence-electron chi connectivity index (χ4n) is 6.44. The molecule has 6 rings (SSSR count). The van der Waals surface area contributed by atoms with E-state index in [1.807, 2.05) is 0 Å². The molecule has 1 saturated heterocycles. The van der Waals surface area contributed by atoms with Gasteiger partial charge in [0, 0.05) is 29.7 Å². The molecule has 1 aromatic carbocycles. The Kier molecular flexibility index (Phi) is 13.2. The number of carbonyl (C=O) groups is 5. The number of amides is 5. The van der Waals surface area contributed by atoms with Crippen LogP contribution in [-0.4, -0.2) is 102 Å². The van der Waals surface area contributed by atoms with E-state index in [0.717, 1.165) is 0 Å². The summed E-state index contributed by atoms with van der Waals surface area (Å²) >= 11 is 7.99. The second-order valence-corrected chi connectivity index (χ2v) is 19.3. The lowest BCUT2D eigenvalue weighted by atomic mass is 10.0. The van der Waals surface area contributed by atoms with Gasteiger partial charge in [-0.1, -0.05) is 38.4 Å². The number of anilines is 1. The van der Waals surface area contributed by atoms with Crippen molar-refractivity contribution >= 4 is 89.9 Å². The number of benzene rings is 1. The van der Waals surface area contributed by atoms with Crippen LogP contribution in [0, 0.1) is 11.8 Å². The maximum atomic E-state index is 14.2. The van der Waals surface area contributed by atoms with Crippen LogP contribution in [0.25, 0.3) is 33.5 Å². The van der Waals surface area contributed by atoms with E-state index < -0.39 is 75.3 Å². The summed E-state index contributed by atoms with van der Waals surface area (Å²) in [6.45, 7) is 13.1. The smallest absolute Gasteiger partial charge is 0.408 e. The van der Waals surface area contributed by atoms with Gasteiger partial charge in [-0.25, -0.2) is 23.2 Å². The van der Waals surface area contributed by atoms with Gasteiger partial charge >= 0.3 is 6.09 Å². The topological polar surface area (TPSA) is 237 Å². The Bertz CT molecular complexity index is 2490. The van der Waals surface area contributed by atoms with Crippen molar-refractivity contribution < 1.29 is 51.0 Å². The zero-order chi connectivity index (χ0) is 44.6. The molecule has 3 aromatic heterocycles. The maximum Gasteiger partial charge on any atom is 0.408 e. The summed E-state index contributed by atoms with van der Waals surface area (Å²) in [5, 5.41) is 9.84. The molecule has 1 aliphatic heterocycles. The van der Waals surface area contributed by atoms with Crippen molar-refractivity contribution in [1.29, 1.82) is 0 Å². The molecular weight excluding hydrogens is 854 g/mol. The highest BCUT2D eigenvalue weighted by Crippen LogP contribution is 2.43. The molecule has 1 saturated carbocycles. The second-order valence-electron chi connectivity index (χ2n) is 16.1. The van der Waals surface area contributed by atoms with Crippen molar-refractivity contribution in [3.8, 4) is 22.9 Å². The SMILES string of the molecule is C=CC(C)C(NC(=O)C1CC(Oc2cc(-c3csc(NC(=O)C(C)C)n3)nc3c2oc2ccc(OC)c(Cl)c23)CN1C(=O)CNC(=O)OC(C)(C)C)C(=O)NS(=O)(=O)C1CC1. The van der Waals surface area contributed by atoms with Gasteiger partial charge in [-0.05, 0) is 45.7 Å². The minimum absolute atomic E-state index is 0.114. The highest BCUT2D eigenvalue weighted by molar-refractivity contribution is 7.90. The molecule has 2 aliphatic rings. The third-order valence-electron chi connectivity index (χ3n) is 9.84. The first-order valence-electron chi connectivity index (χ1n) is 19.5. The Morgan fingerprint density at radius 3 is 2.44 bits per heavy atom. The summed E-state index contributed by atoms with van der Waals surface area (Å²) in [6, 6.07) is 2.24. The number of methoxy groups -OCH3 is 1. The highest BCUT2D eigenvalue weighted by Gasteiger charge is 2.44. The van der Waals surface area contributed by atoms with E-state index in [-0.39, 0.29) is 41.1 Å². The summed E-state index contributed by atoms with van der Waals surface area (Å²) < 4.78 is 51.0. The molecular formula is C40H48ClN7O11S2. The number of likely N-dealkylation sites (tertiary alicyclic amines) is 1. The lowest BCUT2D eigenvalue weighted by Gasteiger charge is -2.28. The molecule has 4 aromatic rings. The molecule has 5 amide bonds. The summed E-state index contributed by atoms with van der Waals surface area (Å²) in [7, 11) is -2.49. The molecule has 21 heteroatoms. The first kappa shape index (κ1) is 45.1. The van der Waals surface area contributed by atoms with Gasteiger partial charge in [-0.3, -0.25) is 23.9 Å². The molecule has 4 unspecified atom stereocenters. The summed E-state index contributed by atoms with van der Waals surface area (Å²) in [4.78, 5) is 77.0. The van der Waals surface area contributed by atoms with Gasteiger partial charge in [0.2, 0.25) is 27.7 Å². The Labute approximate surface area is 361 Å². The number of fused-ring (bicyclic) bond motifs is 3. The third kappa shape index (κ3) is 10.4. The minimum atomic E-state index is -3.96. The minimum Gasteiger partial charge on any atom is -0.495 e. The highest BCUT2D eigenvalue weighted by atomic mass is 35.5. The number of furan rings is 1. The van der Waals surface area contributed by atoms with Crippen LogP contribution < -0.4 is 30.1 Å². The van der Waals surface area contributed by atoms with Gasteiger partial charge in [0.1, 0.15) is 52.9 Å². The van der Waals surface area contributed by atoms with Crippen LogP contribution in [0.15, 0.2) is 40.7 Å². The van der Waals surface area contributed by atoms with E-state index in [1.165, 1.54) is 29.4 Å². The maximum absolute atomic E-state index is 14.2. The fraction of sp³-hybridized carbons (Fsp3) is 0.475. The van der Waals surface area contributed by atoms with Gasteiger partial charge in [0.15, 0.2) is 16.5 Å². The second kappa shape index (κ2) is 17.9. The Morgan fingerprint density at radius 1 is 1.08 bits per heavy atom. The number of alkyl carbamates (subject to hydrolysis) is 1. The molecule has 0 spiro atoms. The zero-order valence-corrected chi connectivity index (χ0v) is 37.0. The van der Waals surface area contributed by atoms with E-state index >= 15 is 0 Å². The number of halogens is 1. The predicted octanol–water partition coefficient (Wildman–Crippen LogP) is 5.15. The zero-order valence-electron chi connectivity index (χ0n) is 34.6. The fourth-order valence-corrected chi connectivity index (χ4v) is 8.81. The van der Waals surface area contributed by atoms with Gasteiger partial charge in [-0.15, -0.1) is 17.9 Å². The summed E-state index contributed by atoms with van der Waals surface area (Å²) in [5.41, 5.74) is 0.694. The molecule has 0 bridgehead atoms. The molecule has 328 valence electrons. The lowest BCUT2D eigenvalue weighted by molar-refractivity contribution is -0.139. The van der Waals surface area contributed by atoms with Crippen LogP contribution in [0.3, 0.4) is 0 Å². The van der Waals surface area contributed by atoms with Crippen molar-refractivity contribution in [1.82, 2.24) is 30.2 Å². The average molecular weight is 902 g/mol. The average Bonchev–Trinajstić information content (AvgIpc) is 3.64. The number of hydrogen-bond acceptors (Lipinski definition) is 14. The number of nitrogens with one attached hydrogen (secondary N) is 4. The Balaban J connectivity index is 1.35. The number of nitrogens with zero attached hydrogens (tertiary/aromatic N) is 3. The normalized spacial score (nSPS) is 17.8. The molecule has 2 fully saturated rings. The number of thiazole rings is 1. The van der Waals surface area contributed by atoms with Crippen LogP contribution in [0.5, 0.6) is 11.5 Å². The van der Waals surface area contributed by atoms with Gasteiger partial charge in [-0.2, -0.15) is 0 Å². The molecule has 4 atom stereocenters. The van der Waals surface area contributed by atoms with Crippen molar-refractivity contribution in [3.05, 3.63) is 41.3 Å². The van der Waals surface area contributed by atoms with Crippen LogP contribution in [0.4, 0.5) is 9.93 Å². The molecule has 18 nitrogen and oxygen atoms in total. The number of hydrogen-bond donors (Lipinski definition) is 4. The van der Waals surface area contributed by atoms with Crippen molar-refractivity contribution in [3.63, 3.8) is 0 Å². The van der Waals surface area contributed by atoms with Crippen molar-refractivity contribution in [2.45, 2.75) is 89.8 Å². The van der Waals surface area contributed by atoms with Crippen LogP contribution in [0.1, 0.15) is 60.8 Å². The molecule has 4 N–H and O–H groups in total. The predicted molar refractivity (Wildman–Crippen MR) is 228 cm³/mol. The van der Waals surface area contributed by atoms with E-state index in [0.29, 0.717) is 51.6 Å². The number of rotatable bonds is 15. The number of pyridine rings is 1. The summed E-state index contributed by atoms with van der Waals surface area (Å²) in [5.74, 6) is -3.13. The third-order valence-corrected chi connectivity index (χ3v) is 12.8. The Morgan fingerprint density at radius 2 is 1.80 bits per heavy atom. The number of aromatic nitrogens is 2. The molecule has 1 aliphatic carbocycles. The first-order valence-corrected chi connectivity index (χ1v) is 22.3. The molecule has 0 radical (unpaired) electrons. The van der Waals surface area contributed by atoms with E-state index in [4.69, 9.17) is 35.2 Å². The summed E-state index contributed by atoms with van der Waals surface area (Å²) in [6.07, 6.45) is 0.356. The van der Waals surface area contributed by atoms with E-state index in [1.54, 1.807) is 65.1 Å².